The van der Waals surface area contributed by atoms with Crippen LogP contribution >= 0.6 is 27.7 Å². The minimum Gasteiger partial charge on any atom is -0.367 e. The van der Waals surface area contributed by atoms with Gasteiger partial charge in [0.25, 0.3) is 0 Å². The molecule has 0 fully saturated rings. The van der Waals surface area contributed by atoms with Gasteiger partial charge in [-0.2, -0.15) is 11.8 Å². The second-order valence-electron chi connectivity index (χ2n) is 3.32. The standard InChI is InChI=1S/C10H15BrN2S/c1-7-4-9(11)5-12-10(7)13-8(2)6-14-3/h4-5,8H,6H2,1-3H3,(H,12,13). The van der Waals surface area contributed by atoms with Gasteiger partial charge in [0.15, 0.2) is 0 Å². The van der Waals surface area contributed by atoms with E-state index in [0.29, 0.717) is 6.04 Å². The maximum Gasteiger partial charge on any atom is 0.129 e. The van der Waals surface area contributed by atoms with Gasteiger partial charge in [0.2, 0.25) is 0 Å². The van der Waals surface area contributed by atoms with E-state index in [9.17, 15) is 0 Å². The van der Waals surface area contributed by atoms with Crippen LogP contribution < -0.4 is 5.32 Å². The number of aryl methyl sites for hydroxylation is 1. The van der Waals surface area contributed by atoms with Gasteiger partial charge in [0.05, 0.1) is 0 Å². The molecule has 1 aromatic heterocycles. The van der Waals surface area contributed by atoms with Gasteiger partial charge in [-0.3, -0.25) is 0 Å². The molecule has 0 spiro atoms. The zero-order valence-electron chi connectivity index (χ0n) is 8.67. The van der Waals surface area contributed by atoms with Gasteiger partial charge in [-0.15, -0.1) is 0 Å². The van der Waals surface area contributed by atoms with E-state index in [1.807, 2.05) is 18.0 Å². The smallest absolute Gasteiger partial charge is 0.129 e. The Morgan fingerprint density at radius 2 is 2.36 bits per heavy atom. The number of thioether (sulfide) groups is 1. The van der Waals surface area contributed by atoms with Crippen LogP contribution in [0.1, 0.15) is 12.5 Å². The fraction of sp³-hybridized carbons (Fsp3) is 0.500. The predicted octanol–water partition coefficient (Wildman–Crippen LogP) is 3.32. The fourth-order valence-corrected chi connectivity index (χ4v) is 2.25. The van der Waals surface area contributed by atoms with Gasteiger partial charge in [0, 0.05) is 22.5 Å². The number of nitrogens with one attached hydrogen (secondary N) is 1. The molecule has 0 aliphatic heterocycles. The molecule has 0 saturated carbocycles. The lowest BCUT2D eigenvalue weighted by Gasteiger charge is -2.14. The zero-order chi connectivity index (χ0) is 10.6. The molecule has 4 heteroatoms. The van der Waals surface area contributed by atoms with Crippen LogP contribution in [0.25, 0.3) is 0 Å². The summed E-state index contributed by atoms with van der Waals surface area (Å²) in [4.78, 5) is 4.33. The summed E-state index contributed by atoms with van der Waals surface area (Å²) in [6, 6.07) is 2.53. The van der Waals surface area contributed by atoms with E-state index in [1.165, 1.54) is 5.56 Å². The first-order valence-corrected chi connectivity index (χ1v) is 6.69. The first-order chi connectivity index (χ1) is 6.63. The lowest BCUT2D eigenvalue weighted by Crippen LogP contribution is -2.19. The molecule has 0 aliphatic carbocycles. The molecule has 1 rings (SSSR count). The lowest BCUT2D eigenvalue weighted by atomic mass is 10.2. The minimum atomic E-state index is 0.456. The van der Waals surface area contributed by atoms with Crippen molar-refractivity contribution >= 4 is 33.5 Å². The van der Waals surface area contributed by atoms with Gasteiger partial charge >= 0.3 is 0 Å². The van der Waals surface area contributed by atoms with Gasteiger partial charge in [-0.25, -0.2) is 4.98 Å². The van der Waals surface area contributed by atoms with Gasteiger partial charge < -0.3 is 5.32 Å². The number of pyridine rings is 1. The summed E-state index contributed by atoms with van der Waals surface area (Å²) in [5.74, 6) is 2.08. The van der Waals surface area contributed by atoms with Crippen LogP contribution in [0.15, 0.2) is 16.7 Å². The van der Waals surface area contributed by atoms with Crippen LogP contribution in [0.4, 0.5) is 5.82 Å². The molecule has 0 radical (unpaired) electrons. The summed E-state index contributed by atoms with van der Waals surface area (Å²) in [5, 5.41) is 3.39. The molecule has 1 N–H and O–H groups in total. The van der Waals surface area contributed by atoms with Crippen molar-refractivity contribution in [1.82, 2.24) is 4.98 Å². The monoisotopic (exact) mass is 274 g/mol. The highest BCUT2D eigenvalue weighted by Gasteiger charge is 2.04. The van der Waals surface area contributed by atoms with Crippen LogP contribution in [0.5, 0.6) is 0 Å². The summed E-state index contributed by atoms with van der Waals surface area (Å²) in [6.07, 6.45) is 3.93. The third-order valence-corrected chi connectivity index (χ3v) is 3.11. The zero-order valence-corrected chi connectivity index (χ0v) is 11.1. The highest BCUT2D eigenvalue weighted by Crippen LogP contribution is 2.17. The average molecular weight is 275 g/mol. The summed E-state index contributed by atoms with van der Waals surface area (Å²) in [6.45, 7) is 4.23. The third kappa shape index (κ3) is 3.50. The maximum atomic E-state index is 4.33. The van der Waals surface area contributed by atoms with Crippen LogP contribution in [-0.4, -0.2) is 23.0 Å². The Bertz CT molecular complexity index is 304. The number of aromatic nitrogens is 1. The number of rotatable bonds is 4. The van der Waals surface area contributed by atoms with E-state index in [2.05, 4.69) is 52.4 Å². The molecule has 0 saturated heterocycles. The van der Waals surface area contributed by atoms with Crippen LogP contribution in [0, 0.1) is 6.92 Å². The normalized spacial score (nSPS) is 12.6. The maximum absolute atomic E-state index is 4.33. The van der Waals surface area contributed by atoms with Gasteiger partial charge in [0.1, 0.15) is 5.82 Å². The lowest BCUT2D eigenvalue weighted by molar-refractivity contribution is 0.899. The molecule has 78 valence electrons. The molecule has 2 nitrogen and oxygen atoms in total. The average Bonchev–Trinajstić information content (AvgIpc) is 2.10. The summed E-state index contributed by atoms with van der Waals surface area (Å²) >= 11 is 5.24. The van der Waals surface area contributed by atoms with Crippen molar-refractivity contribution in [2.75, 3.05) is 17.3 Å². The SMILES string of the molecule is CSCC(C)Nc1ncc(Br)cc1C. The Kier molecular flexibility index (Phi) is 4.75. The Balaban J connectivity index is 2.67. The van der Waals surface area contributed by atoms with Crippen molar-refractivity contribution in [3.05, 3.63) is 22.3 Å². The van der Waals surface area contributed by atoms with Crippen molar-refractivity contribution < 1.29 is 0 Å². The third-order valence-electron chi connectivity index (χ3n) is 1.84. The Hall–Kier alpha value is -0.220. The molecule has 1 atom stereocenters. The first kappa shape index (κ1) is 11.9. The molecular formula is C10H15BrN2S. The Morgan fingerprint density at radius 1 is 1.64 bits per heavy atom. The van der Waals surface area contributed by atoms with Gasteiger partial charge in [-0.05, 0) is 47.7 Å². The van der Waals surface area contributed by atoms with E-state index >= 15 is 0 Å². The largest absolute Gasteiger partial charge is 0.367 e. The molecule has 1 heterocycles. The predicted molar refractivity (Wildman–Crippen MR) is 68.1 cm³/mol. The van der Waals surface area contributed by atoms with Crippen LogP contribution in [-0.2, 0) is 0 Å². The summed E-state index contributed by atoms with van der Waals surface area (Å²) in [5.41, 5.74) is 1.17. The van der Waals surface area contributed by atoms with Crippen molar-refractivity contribution in [3.63, 3.8) is 0 Å². The topological polar surface area (TPSA) is 24.9 Å². The highest BCUT2D eigenvalue weighted by atomic mass is 79.9. The number of anilines is 1. The van der Waals surface area contributed by atoms with Crippen LogP contribution in [0.3, 0.4) is 0 Å². The van der Waals surface area contributed by atoms with E-state index in [4.69, 9.17) is 0 Å². The Labute approximate surface area is 98.0 Å². The molecular weight excluding hydrogens is 260 g/mol. The second kappa shape index (κ2) is 5.61. The molecule has 0 bridgehead atoms. The number of hydrogen-bond acceptors (Lipinski definition) is 3. The molecule has 1 unspecified atom stereocenters. The second-order valence-corrected chi connectivity index (χ2v) is 5.15. The molecule has 0 amide bonds. The quantitative estimate of drug-likeness (QED) is 0.912. The Morgan fingerprint density at radius 3 is 2.93 bits per heavy atom. The van der Waals surface area contributed by atoms with E-state index in [0.717, 1.165) is 16.0 Å². The molecule has 1 aromatic rings. The number of hydrogen-bond donors (Lipinski definition) is 1. The molecule has 0 aliphatic rings. The number of halogens is 1. The highest BCUT2D eigenvalue weighted by molar-refractivity contribution is 9.10. The van der Waals surface area contributed by atoms with Gasteiger partial charge in [-0.1, -0.05) is 0 Å². The first-order valence-electron chi connectivity index (χ1n) is 4.51. The number of nitrogens with zero attached hydrogens (tertiary/aromatic N) is 1. The van der Waals surface area contributed by atoms with E-state index in [-0.39, 0.29) is 0 Å². The van der Waals surface area contributed by atoms with Crippen molar-refractivity contribution in [2.24, 2.45) is 0 Å². The van der Waals surface area contributed by atoms with Crippen molar-refractivity contribution in [1.29, 1.82) is 0 Å². The summed E-state index contributed by atoms with van der Waals surface area (Å²) in [7, 11) is 0. The fourth-order valence-electron chi connectivity index (χ4n) is 1.22. The summed E-state index contributed by atoms with van der Waals surface area (Å²) < 4.78 is 1.03. The van der Waals surface area contributed by atoms with E-state index in [1.54, 1.807) is 0 Å². The van der Waals surface area contributed by atoms with E-state index < -0.39 is 0 Å². The molecule has 14 heavy (non-hydrogen) atoms. The molecule has 0 aromatic carbocycles. The van der Waals surface area contributed by atoms with Crippen LogP contribution in [0.2, 0.25) is 0 Å². The van der Waals surface area contributed by atoms with Crippen molar-refractivity contribution in [3.8, 4) is 0 Å². The minimum absolute atomic E-state index is 0.456. The van der Waals surface area contributed by atoms with Crippen molar-refractivity contribution in [2.45, 2.75) is 19.9 Å².